The standard InChI is InChI=1S/C19H24N2O3/c1-18(2,3)24-16-10-11-20-13-15(16)21-17(22)12-19(4,23)14-8-6-5-7-9-14/h5-11,13,23H,12H2,1-4H3,(H,21,22). The Bertz CT molecular complexity index is 691. The highest BCUT2D eigenvalue weighted by molar-refractivity contribution is 5.92. The molecule has 5 nitrogen and oxygen atoms in total. The Morgan fingerprint density at radius 1 is 1.17 bits per heavy atom. The first-order chi connectivity index (χ1) is 11.2. The Morgan fingerprint density at radius 2 is 1.83 bits per heavy atom. The number of benzene rings is 1. The van der Waals surface area contributed by atoms with E-state index in [4.69, 9.17) is 4.74 Å². The van der Waals surface area contributed by atoms with Crippen LogP contribution in [0.2, 0.25) is 0 Å². The number of nitrogens with zero attached hydrogens (tertiary/aromatic N) is 1. The monoisotopic (exact) mass is 328 g/mol. The number of pyridine rings is 1. The Balaban J connectivity index is 2.10. The molecule has 0 aliphatic rings. The van der Waals surface area contributed by atoms with Gasteiger partial charge in [-0.25, -0.2) is 0 Å². The molecule has 24 heavy (non-hydrogen) atoms. The molecule has 1 atom stereocenters. The first-order valence-electron chi connectivity index (χ1n) is 7.88. The molecular formula is C19H24N2O3. The zero-order valence-corrected chi connectivity index (χ0v) is 14.5. The van der Waals surface area contributed by atoms with Crippen molar-refractivity contribution >= 4 is 11.6 Å². The van der Waals surface area contributed by atoms with Gasteiger partial charge in [-0.3, -0.25) is 9.78 Å². The fraction of sp³-hybridized carbons (Fsp3) is 0.368. The quantitative estimate of drug-likeness (QED) is 0.881. The van der Waals surface area contributed by atoms with E-state index >= 15 is 0 Å². The van der Waals surface area contributed by atoms with Gasteiger partial charge < -0.3 is 15.2 Å². The van der Waals surface area contributed by atoms with E-state index in [9.17, 15) is 9.90 Å². The van der Waals surface area contributed by atoms with Crippen molar-refractivity contribution in [2.24, 2.45) is 0 Å². The molecule has 2 N–H and O–H groups in total. The van der Waals surface area contributed by atoms with Gasteiger partial charge in [0.15, 0.2) is 0 Å². The van der Waals surface area contributed by atoms with Gasteiger partial charge in [0.05, 0.1) is 18.2 Å². The summed E-state index contributed by atoms with van der Waals surface area (Å²) in [4.78, 5) is 16.4. The maximum atomic E-state index is 12.4. The Hall–Kier alpha value is -2.40. The molecular weight excluding hydrogens is 304 g/mol. The summed E-state index contributed by atoms with van der Waals surface area (Å²) in [6.45, 7) is 7.41. The van der Waals surface area contributed by atoms with Crippen LogP contribution >= 0.6 is 0 Å². The molecule has 1 heterocycles. The minimum Gasteiger partial charge on any atom is -0.486 e. The lowest BCUT2D eigenvalue weighted by Crippen LogP contribution is -2.29. The van der Waals surface area contributed by atoms with E-state index < -0.39 is 11.2 Å². The van der Waals surface area contributed by atoms with Gasteiger partial charge >= 0.3 is 0 Å². The van der Waals surface area contributed by atoms with Crippen LogP contribution in [0.4, 0.5) is 5.69 Å². The van der Waals surface area contributed by atoms with Crippen molar-refractivity contribution in [2.45, 2.75) is 45.3 Å². The summed E-state index contributed by atoms with van der Waals surface area (Å²) in [7, 11) is 0. The second kappa shape index (κ2) is 7.01. The number of nitrogens with one attached hydrogen (secondary N) is 1. The van der Waals surface area contributed by atoms with Crippen LogP contribution in [-0.4, -0.2) is 21.6 Å². The van der Waals surface area contributed by atoms with Crippen LogP contribution in [0.15, 0.2) is 48.8 Å². The molecule has 2 rings (SSSR count). The van der Waals surface area contributed by atoms with Crippen LogP contribution in [-0.2, 0) is 10.4 Å². The van der Waals surface area contributed by atoms with E-state index in [0.717, 1.165) is 0 Å². The third-order valence-corrected chi connectivity index (χ3v) is 3.37. The predicted octanol–water partition coefficient (Wildman–Crippen LogP) is 3.50. The third kappa shape index (κ3) is 5.06. The van der Waals surface area contributed by atoms with Crippen LogP contribution in [0.3, 0.4) is 0 Å². The average Bonchev–Trinajstić information content (AvgIpc) is 2.48. The molecule has 1 aromatic carbocycles. The second-order valence-electron chi connectivity index (χ2n) is 6.95. The lowest BCUT2D eigenvalue weighted by molar-refractivity contribution is -0.120. The van der Waals surface area contributed by atoms with E-state index in [-0.39, 0.29) is 12.3 Å². The molecule has 0 spiro atoms. The van der Waals surface area contributed by atoms with E-state index in [0.29, 0.717) is 17.0 Å². The third-order valence-electron chi connectivity index (χ3n) is 3.37. The van der Waals surface area contributed by atoms with Gasteiger partial charge in [0.2, 0.25) is 5.91 Å². The Kier molecular flexibility index (Phi) is 5.24. The fourth-order valence-electron chi connectivity index (χ4n) is 2.30. The number of ether oxygens (including phenoxy) is 1. The Morgan fingerprint density at radius 3 is 2.46 bits per heavy atom. The molecule has 0 fully saturated rings. The molecule has 0 radical (unpaired) electrons. The maximum Gasteiger partial charge on any atom is 0.227 e. The fourth-order valence-corrected chi connectivity index (χ4v) is 2.30. The molecule has 2 aromatic rings. The highest BCUT2D eigenvalue weighted by Gasteiger charge is 2.27. The van der Waals surface area contributed by atoms with Gasteiger partial charge in [-0.2, -0.15) is 0 Å². The van der Waals surface area contributed by atoms with Gasteiger partial charge in [-0.05, 0) is 33.3 Å². The minimum atomic E-state index is -1.25. The van der Waals surface area contributed by atoms with Gasteiger partial charge in [0, 0.05) is 12.3 Å². The molecule has 5 heteroatoms. The molecule has 0 saturated carbocycles. The van der Waals surface area contributed by atoms with Crippen molar-refractivity contribution in [1.29, 1.82) is 0 Å². The zero-order chi connectivity index (χ0) is 17.8. The number of amides is 1. The Labute approximate surface area is 142 Å². The second-order valence-corrected chi connectivity index (χ2v) is 6.95. The highest BCUT2D eigenvalue weighted by Crippen LogP contribution is 2.29. The van der Waals surface area contributed by atoms with Gasteiger partial charge in [-0.15, -0.1) is 0 Å². The van der Waals surface area contributed by atoms with Crippen LogP contribution in [0.5, 0.6) is 5.75 Å². The summed E-state index contributed by atoms with van der Waals surface area (Å²) in [5.74, 6) is 0.237. The topological polar surface area (TPSA) is 71.5 Å². The van der Waals surface area contributed by atoms with E-state index in [2.05, 4.69) is 10.3 Å². The number of carbonyl (C=O) groups is 1. The lowest BCUT2D eigenvalue weighted by atomic mass is 9.92. The largest absolute Gasteiger partial charge is 0.486 e. The number of hydrogen-bond donors (Lipinski definition) is 2. The summed E-state index contributed by atoms with van der Waals surface area (Å²) in [6.07, 6.45) is 3.08. The number of aliphatic hydroxyl groups is 1. The van der Waals surface area contributed by atoms with Crippen molar-refractivity contribution in [3.63, 3.8) is 0 Å². The van der Waals surface area contributed by atoms with Gasteiger partial charge in [0.25, 0.3) is 0 Å². The predicted molar refractivity (Wildman–Crippen MR) is 93.9 cm³/mol. The van der Waals surface area contributed by atoms with E-state index in [1.807, 2.05) is 39.0 Å². The summed E-state index contributed by atoms with van der Waals surface area (Å²) >= 11 is 0. The number of aromatic nitrogens is 1. The molecule has 1 amide bonds. The number of rotatable bonds is 5. The van der Waals surface area contributed by atoms with Crippen molar-refractivity contribution < 1.29 is 14.6 Å². The summed E-state index contributed by atoms with van der Waals surface area (Å²) in [5, 5.41) is 13.4. The van der Waals surface area contributed by atoms with E-state index in [1.54, 1.807) is 31.3 Å². The van der Waals surface area contributed by atoms with Crippen LogP contribution in [0.1, 0.15) is 39.7 Å². The summed E-state index contributed by atoms with van der Waals surface area (Å²) in [5.41, 5.74) is -0.464. The van der Waals surface area contributed by atoms with Crippen molar-refractivity contribution in [1.82, 2.24) is 4.98 Å². The van der Waals surface area contributed by atoms with Crippen LogP contribution < -0.4 is 10.1 Å². The van der Waals surface area contributed by atoms with E-state index in [1.165, 1.54) is 6.20 Å². The number of hydrogen-bond acceptors (Lipinski definition) is 4. The highest BCUT2D eigenvalue weighted by atomic mass is 16.5. The lowest BCUT2D eigenvalue weighted by Gasteiger charge is -2.25. The smallest absolute Gasteiger partial charge is 0.227 e. The first-order valence-corrected chi connectivity index (χ1v) is 7.88. The SMILES string of the molecule is CC(C)(C)Oc1ccncc1NC(=O)CC(C)(O)c1ccccc1. The average molecular weight is 328 g/mol. The molecule has 0 bridgehead atoms. The number of carbonyl (C=O) groups excluding carboxylic acids is 1. The molecule has 0 aliphatic heterocycles. The molecule has 128 valence electrons. The molecule has 0 aliphatic carbocycles. The van der Waals surface area contributed by atoms with Gasteiger partial charge in [-0.1, -0.05) is 30.3 Å². The summed E-state index contributed by atoms with van der Waals surface area (Å²) < 4.78 is 5.83. The van der Waals surface area contributed by atoms with Crippen molar-refractivity contribution in [3.8, 4) is 5.75 Å². The number of anilines is 1. The summed E-state index contributed by atoms with van der Waals surface area (Å²) in [6, 6.07) is 10.8. The normalized spacial score (nSPS) is 13.9. The zero-order valence-electron chi connectivity index (χ0n) is 14.5. The molecule has 1 unspecified atom stereocenters. The van der Waals surface area contributed by atoms with Crippen molar-refractivity contribution in [2.75, 3.05) is 5.32 Å². The molecule has 0 saturated heterocycles. The minimum absolute atomic E-state index is 0.0686. The van der Waals surface area contributed by atoms with Crippen molar-refractivity contribution in [3.05, 3.63) is 54.4 Å². The molecule has 1 aromatic heterocycles. The van der Waals surface area contributed by atoms with Crippen LogP contribution in [0.25, 0.3) is 0 Å². The first kappa shape index (κ1) is 17.9. The van der Waals surface area contributed by atoms with Crippen LogP contribution in [0, 0.1) is 0 Å². The van der Waals surface area contributed by atoms with Gasteiger partial charge in [0.1, 0.15) is 17.0 Å². The maximum absolute atomic E-state index is 12.4.